The second-order valence-corrected chi connectivity index (χ2v) is 4.89. The van der Waals surface area contributed by atoms with Crippen molar-refractivity contribution in [3.05, 3.63) is 0 Å². The fourth-order valence-electron chi connectivity index (χ4n) is 2.11. The first-order valence-electron chi connectivity index (χ1n) is 5.89. The summed E-state index contributed by atoms with van der Waals surface area (Å²) in [5.41, 5.74) is -1.22. The van der Waals surface area contributed by atoms with Gasteiger partial charge in [0.25, 0.3) is 0 Å². The van der Waals surface area contributed by atoms with Gasteiger partial charge in [-0.05, 0) is 19.0 Å². The van der Waals surface area contributed by atoms with Crippen LogP contribution >= 0.6 is 0 Å². The smallest absolute Gasteiger partial charge is 0.331 e. The van der Waals surface area contributed by atoms with Gasteiger partial charge < -0.3 is 20.5 Å². The topological polar surface area (TPSA) is 87.7 Å². The van der Waals surface area contributed by atoms with Crippen LogP contribution in [0.5, 0.6) is 0 Å². The Morgan fingerprint density at radius 2 is 2.24 bits per heavy atom. The normalized spacial score (nSPS) is 30.6. The number of nitrogens with one attached hydrogen (secondary N) is 2. The largest absolute Gasteiger partial charge is 0.479 e. The average molecular weight is 242 g/mol. The van der Waals surface area contributed by atoms with Crippen LogP contribution in [0.2, 0.25) is 0 Å². The van der Waals surface area contributed by atoms with E-state index in [2.05, 4.69) is 10.6 Å². The van der Waals surface area contributed by atoms with Crippen LogP contribution in [-0.4, -0.2) is 48.8 Å². The molecule has 2 rings (SSSR count). The monoisotopic (exact) mass is 242 g/mol. The minimum absolute atomic E-state index is 0.0592. The summed E-state index contributed by atoms with van der Waals surface area (Å²) < 4.78 is 5.10. The molecular weight excluding hydrogens is 224 g/mol. The van der Waals surface area contributed by atoms with Crippen molar-refractivity contribution in [2.24, 2.45) is 11.8 Å². The zero-order valence-electron chi connectivity index (χ0n) is 9.86. The maximum atomic E-state index is 12.0. The Bertz CT molecular complexity index is 321. The molecule has 2 heterocycles. The minimum atomic E-state index is -1.22. The SMILES string of the molecule is CC(C(=O)NC1(C(=O)O)CCOC1)C1CNC1. The van der Waals surface area contributed by atoms with Crippen LogP contribution in [0.15, 0.2) is 0 Å². The minimum Gasteiger partial charge on any atom is -0.479 e. The molecule has 0 saturated carbocycles. The number of hydrogen-bond donors (Lipinski definition) is 3. The van der Waals surface area contributed by atoms with E-state index in [0.29, 0.717) is 18.9 Å². The van der Waals surface area contributed by atoms with E-state index in [1.807, 2.05) is 6.92 Å². The van der Waals surface area contributed by atoms with Crippen molar-refractivity contribution >= 4 is 11.9 Å². The quantitative estimate of drug-likeness (QED) is 0.601. The summed E-state index contributed by atoms with van der Waals surface area (Å²) in [5.74, 6) is -1.05. The molecule has 0 aromatic carbocycles. The molecule has 0 aromatic rings. The Morgan fingerprint density at radius 3 is 2.65 bits per heavy atom. The summed E-state index contributed by atoms with van der Waals surface area (Å²) in [5, 5.41) is 14.9. The lowest BCUT2D eigenvalue weighted by atomic mass is 9.87. The molecule has 2 unspecified atom stereocenters. The number of carbonyl (C=O) groups excluding carboxylic acids is 1. The van der Waals surface area contributed by atoms with Crippen molar-refractivity contribution in [3.63, 3.8) is 0 Å². The van der Waals surface area contributed by atoms with Crippen molar-refractivity contribution in [3.8, 4) is 0 Å². The number of ether oxygens (including phenoxy) is 1. The molecule has 2 aliphatic heterocycles. The maximum absolute atomic E-state index is 12.0. The summed E-state index contributed by atoms with van der Waals surface area (Å²) in [4.78, 5) is 23.2. The Labute approximate surface area is 99.7 Å². The zero-order chi connectivity index (χ0) is 12.5. The molecule has 2 aliphatic rings. The standard InChI is InChI=1S/C11H18N2O4/c1-7(8-4-12-5-8)9(14)13-11(10(15)16)2-3-17-6-11/h7-8,12H,2-6H2,1H3,(H,13,14)(H,15,16). The lowest BCUT2D eigenvalue weighted by Gasteiger charge is -2.34. The highest BCUT2D eigenvalue weighted by atomic mass is 16.5. The molecule has 96 valence electrons. The summed E-state index contributed by atoms with van der Waals surface area (Å²) in [6.45, 7) is 3.93. The molecule has 0 aromatic heterocycles. The molecule has 1 amide bonds. The van der Waals surface area contributed by atoms with Crippen LogP contribution in [0.4, 0.5) is 0 Å². The first kappa shape index (κ1) is 12.3. The van der Waals surface area contributed by atoms with Gasteiger partial charge in [0.05, 0.1) is 6.61 Å². The van der Waals surface area contributed by atoms with E-state index in [9.17, 15) is 14.7 Å². The number of hydrogen-bond acceptors (Lipinski definition) is 4. The van der Waals surface area contributed by atoms with Crippen LogP contribution in [-0.2, 0) is 14.3 Å². The number of carboxylic acids is 1. The van der Waals surface area contributed by atoms with Crippen molar-refractivity contribution in [2.45, 2.75) is 18.9 Å². The molecule has 0 aliphatic carbocycles. The van der Waals surface area contributed by atoms with E-state index in [1.165, 1.54) is 0 Å². The average Bonchev–Trinajstić information content (AvgIpc) is 2.64. The van der Waals surface area contributed by atoms with Gasteiger partial charge in [-0.2, -0.15) is 0 Å². The van der Waals surface area contributed by atoms with Gasteiger partial charge in [-0.25, -0.2) is 4.79 Å². The molecule has 6 nitrogen and oxygen atoms in total. The van der Waals surface area contributed by atoms with Crippen LogP contribution < -0.4 is 10.6 Å². The Kier molecular flexibility index (Phi) is 3.35. The second kappa shape index (κ2) is 4.62. The van der Waals surface area contributed by atoms with Crippen molar-refractivity contribution < 1.29 is 19.4 Å². The molecule has 0 radical (unpaired) electrons. The first-order valence-corrected chi connectivity index (χ1v) is 5.89. The molecule has 0 bridgehead atoms. The van der Waals surface area contributed by atoms with Crippen molar-refractivity contribution in [1.82, 2.24) is 10.6 Å². The van der Waals surface area contributed by atoms with E-state index in [1.54, 1.807) is 0 Å². The van der Waals surface area contributed by atoms with E-state index < -0.39 is 11.5 Å². The molecule has 2 saturated heterocycles. The summed E-state index contributed by atoms with van der Waals surface area (Å²) in [6, 6.07) is 0. The highest BCUT2D eigenvalue weighted by Gasteiger charge is 2.45. The van der Waals surface area contributed by atoms with Crippen LogP contribution in [0.25, 0.3) is 0 Å². The van der Waals surface area contributed by atoms with Gasteiger partial charge in [0.2, 0.25) is 5.91 Å². The van der Waals surface area contributed by atoms with Crippen molar-refractivity contribution in [1.29, 1.82) is 0 Å². The summed E-state index contributed by atoms with van der Waals surface area (Å²) in [7, 11) is 0. The van der Waals surface area contributed by atoms with E-state index in [-0.39, 0.29) is 18.4 Å². The number of carboxylic acid groups (broad SMARTS) is 1. The summed E-state index contributed by atoms with van der Waals surface area (Å²) in [6.07, 6.45) is 0.337. The lowest BCUT2D eigenvalue weighted by molar-refractivity contribution is -0.148. The second-order valence-electron chi connectivity index (χ2n) is 4.89. The van der Waals surface area contributed by atoms with Gasteiger partial charge in [0, 0.05) is 18.9 Å². The number of rotatable bonds is 4. The predicted octanol–water partition coefficient (Wildman–Crippen LogP) is -0.798. The lowest BCUT2D eigenvalue weighted by Crippen LogP contribution is -2.58. The Balaban J connectivity index is 1.98. The van der Waals surface area contributed by atoms with Crippen LogP contribution in [0.3, 0.4) is 0 Å². The highest BCUT2D eigenvalue weighted by Crippen LogP contribution is 2.22. The fraction of sp³-hybridized carbons (Fsp3) is 0.818. The zero-order valence-corrected chi connectivity index (χ0v) is 9.86. The predicted molar refractivity (Wildman–Crippen MR) is 59.5 cm³/mol. The maximum Gasteiger partial charge on any atom is 0.331 e. The number of amides is 1. The Morgan fingerprint density at radius 1 is 1.53 bits per heavy atom. The molecule has 2 fully saturated rings. The molecular formula is C11H18N2O4. The third-order valence-electron chi connectivity index (χ3n) is 3.73. The highest BCUT2D eigenvalue weighted by molar-refractivity contribution is 5.88. The first-order chi connectivity index (χ1) is 8.05. The molecule has 17 heavy (non-hydrogen) atoms. The van der Waals surface area contributed by atoms with Gasteiger partial charge in [-0.3, -0.25) is 4.79 Å². The van der Waals surface area contributed by atoms with Gasteiger partial charge in [0.1, 0.15) is 0 Å². The summed E-state index contributed by atoms with van der Waals surface area (Å²) >= 11 is 0. The van der Waals surface area contributed by atoms with Gasteiger partial charge >= 0.3 is 5.97 Å². The number of aliphatic carboxylic acids is 1. The Hall–Kier alpha value is -1.14. The molecule has 3 N–H and O–H groups in total. The van der Waals surface area contributed by atoms with Crippen LogP contribution in [0, 0.1) is 11.8 Å². The van der Waals surface area contributed by atoms with Gasteiger partial charge in [-0.1, -0.05) is 6.92 Å². The van der Waals surface area contributed by atoms with E-state index >= 15 is 0 Å². The van der Waals surface area contributed by atoms with E-state index in [0.717, 1.165) is 13.1 Å². The molecule has 6 heteroatoms. The molecule has 2 atom stereocenters. The molecule has 0 spiro atoms. The third kappa shape index (κ3) is 2.28. The van der Waals surface area contributed by atoms with E-state index in [4.69, 9.17) is 4.74 Å². The van der Waals surface area contributed by atoms with Gasteiger partial charge in [0.15, 0.2) is 5.54 Å². The third-order valence-corrected chi connectivity index (χ3v) is 3.73. The van der Waals surface area contributed by atoms with Gasteiger partial charge in [-0.15, -0.1) is 0 Å². The fourth-order valence-corrected chi connectivity index (χ4v) is 2.11. The van der Waals surface area contributed by atoms with Crippen LogP contribution in [0.1, 0.15) is 13.3 Å². The van der Waals surface area contributed by atoms with Crippen molar-refractivity contribution in [2.75, 3.05) is 26.3 Å². The number of carbonyl (C=O) groups is 2.